The molecule has 0 heterocycles. The number of hydrogen-bond donors (Lipinski definition) is 5. The molecule has 0 aliphatic carbocycles. The molecular weight excluding hydrogens is 210 g/mol. The first kappa shape index (κ1) is 13.3. The van der Waals surface area contributed by atoms with Crippen LogP contribution >= 0.6 is 0 Å². The topological polar surface area (TPSA) is 144 Å². The van der Waals surface area contributed by atoms with E-state index in [2.05, 4.69) is 0 Å². The first-order valence-corrected chi connectivity index (χ1v) is 3.91. The van der Waals surface area contributed by atoms with Gasteiger partial charge in [0.1, 0.15) is 6.42 Å². The smallest absolute Gasteiger partial charge is 0.357 e. The number of hydrogen-bond acceptors (Lipinski definition) is 5. The van der Waals surface area contributed by atoms with E-state index in [1.807, 2.05) is 0 Å². The second-order valence-corrected chi connectivity index (χ2v) is 2.76. The second kappa shape index (κ2) is 5.27. The highest BCUT2D eigenvalue weighted by Gasteiger charge is 2.40. The molecule has 0 fully saturated rings. The van der Waals surface area contributed by atoms with E-state index >= 15 is 0 Å². The molecule has 0 saturated carbocycles. The highest BCUT2D eigenvalue weighted by atomic mass is 16.4. The van der Waals surface area contributed by atoms with E-state index in [1.165, 1.54) is 0 Å². The van der Waals surface area contributed by atoms with Crippen LogP contribution in [0.4, 0.5) is 0 Å². The van der Waals surface area contributed by atoms with Crippen molar-refractivity contribution in [3.8, 4) is 0 Å². The van der Waals surface area contributed by atoms with E-state index < -0.39 is 43.0 Å². The number of nitrogens with one attached hydrogen (secondary N) is 1. The van der Waals surface area contributed by atoms with Crippen LogP contribution in [0.1, 0.15) is 12.8 Å². The van der Waals surface area contributed by atoms with Crippen molar-refractivity contribution >= 4 is 17.8 Å². The molecule has 0 saturated heterocycles. The summed E-state index contributed by atoms with van der Waals surface area (Å²) in [5.74, 6) is -4.41. The first-order valence-electron chi connectivity index (χ1n) is 3.91. The van der Waals surface area contributed by atoms with Crippen LogP contribution in [0.2, 0.25) is 0 Å². The Balaban J connectivity index is 4.58. The van der Waals surface area contributed by atoms with Gasteiger partial charge in [-0.3, -0.25) is 9.59 Å². The van der Waals surface area contributed by atoms with Crippen LogP contribution in [0.3, 0.4) is 0 Å². The van der Waals surface area contributed by atoms with E-state index in [9.17, 15) is 19.5 Å². The van der Waals surface area contributed by atoms with Crippen molar-refractivity contribution in [3.05, 3.63) is 0 Å². The Bertz CT molecular complexity index is 277. The van der Waals surface area contributed by atoms with Gasteiger partial charge in [-0.05, 0) is 0 Å². The van der Waals surface area contributed by atoms with Gasteiger partial charge in [-0.2, -0.15) is 0 Å². The Kier molecular flexibility index (Phi) is 4.68. The van der Waals surface area contributed by atoms with Gasteiger partial charge in [-0.1, -0.05) is 0 Å². The number of carbonyl (C=O) groups excluding carboxylic acids is 1. The van der Waals surface area contributed by atoms with E-state index in [0.717, 1.165) is 0 Å². The predicted octanol–water partition coefficient (Wildman–Crippen LogP) is -2.27. The standard InChI is InChI=1S/C7H11NO7/c9-2-1-4(10)8-7(15,6(13)14)3-5(11)12/h9,15H,1-3H2,(H,8,10)(H,11,12)(H,13,14)/t7-/m1/s1. The average Bonchev–Trinajstić information content (AvgIpc) is 2.01. The molecule has 8 heteroatoms. The van der Waals surface area contributed by atoms with Crippen molar-refractivity contribution in [3.63, 3.8) is 0 Å². The third-order valence-corrected chi connectivity index (χ3v) is 1.45. The lowest BCUT2D eigenvalue weighted by Gasteiger charge is -2.22. The molecule has 0 aliphatic heterocycles. The van der Waals surface area contributed by atoms with Crippen LogP contribution in [0, 0.1) is 0 Å². The molecule has 8 nitrogen and oxygen atoms in total. The molecule has 0 unspecified atom stereocenters. The Hall–Kier alpha value is -1.67. The SMILES string of the molecule is O=C(O)C[C@](O)(NC(=O)CCO)C(=O)O. The monoisotopic (exact) mass is 221 g/mol. The number of amides is 1. The number of carbonyl (C=O) groups is 3. The summed E-state index contributed by atoms with van der Waals surface area (Å²) < 4.78 is 0. The quantitative estimate of drug-likeness (QED) is 0.318. The average molecular weight is 221 g/mol. The van der Waals surface area contributed by atoms with E-state index in [1.54, 1.807) is 5.32 Å². The molecule has 0 aromatic heterocycles. The molecule has 0 aromatic rings. The van der Waals surface area contributed by atoms with E-state index in [4.69, 9.17) is 15.3 Å². The summed E-state index contributed by atoms with van der Waals surface area (Å²) in [7, 11) is 0. The number of aliphatic hydroxyl groups excluding tert-OH is 1. The summed E-state index contributed by atoms with van der Waals surface area (Å²) >= 11 is 0. The normalized spacial score (nSPS) is 14.0. The number of aliphatic hydroxyl groups is 2. The largest absolute Gasteiger partial charge is 0.481 e. The zero-order valence-corrected chi connectivity index (χ0v) is 7.63. The molecule has 1 atom stereocenters. The highest BCUT2D eigenvalue weighted by molar-refractivity contribution is 5.88. The van der Waals surface area contributed by atoms with Crippen LogP contribution < -0.4 is 5.32 Å². The molecule has 0 radical (unpaired) electrons. The molecule has 0 rings (SSSR count). The highest BCUT2D eigenvalue weighted by Crippen LogP contribution is 2.07. The van der Waals surface area contributed by atoms with Crippen LogP contribution in [0.5, 0.6) is 0 Å². The lowest BCUT2D eigenvalue weighted by molar-refractivity contribution is -0.171. The fourth-order valence-corrected chi connectivity index (χ4v) is 0.787. The Morgan fingerprint density at radius 1 is 1.20 bits per heavy atom. The van der Waals surface area contributed by atoms with Crippen molar-refractivity contribution < 1.29 is 34.8 Å². The number of rotatable bonds is 6. The van der Waals surface area contributed by atoms with Crippen molar-refractivity contribution in [1.29, 1.82) is 0 Å². The molecule has 0 spiro atoms. The molecule has 0 bridgehead atoms. The summed E-state index contributed by atoms with van der Waals surface area (Å²) in [4.78, 5) is 31.6. The van der Waals surface area contributed by atoms with Gasteiger partial charge in [0.25, 0.3) is 0 Å². The van der Waals surface area contributed by atoms with Crippen LogP contribution in [-0.4, -0.2) is 50.6 Å². The van der Waals surface area contributed by atoms with Crippen molar-refractivity contribution in [1.82, 2.24) is 5.32 Å². The Labute approximate surface area is 84.1 Å². The van der Waals surface area contributed by atoms with E-state index in [0.29, 0.717) is 0 Å². The Morgan fingerprint density at radius 2 is 1.73 bits per heavy atom. The minimum Gasteiger partial charge on any atom is -0.481 e. The summed E-state index contributed by atoms with van der Waals surface area (Å²) in [6.07, 6.45) is -1.59. The molecule has 0 aliphatic rings. The fourth-order valence-electron chi connectivity index (χ4n) is 0.787. The Morgan fingerprint density at radius 3 is 2.07 bits per heavy atom. The maximum atomic E-state index is 10.9. The van der Waals surface area contributed by atoms with Gasteiger partial charge in [-0.25, -0.2) is 4.79 Å². The molecule has 86 valence electrons. The summed E-state index contributed by atoms with van der Waals surface area (Å²) in [6.45, 7) is -0.533. The van der Waals surface area contributed by atoms with Gasteiger partial charge in [-0.15, -0.1) is 0 Å². The minimum absolute atomic E-state index is 0.421. The zero-order valence-electron chi connectivity index (χ0n) is 7.63. The minimum atomic E-state index is -2.85. The summed E-state index contributed by atoms with van der Waals surface area (Å²) in [6, 6.07) is 0. The summed E-state index contributed by atoms with van der Waals surface area (Å²) in [5.41, 5.74) is -2.85. The van der Waals surface area contributed by atoms with E-state index in [-0.39, 0.29) is 0 Å². The predicted molar refractivity (Wildman–Crippen MR) is 44.7 cm³/mol. The van der Waals surface area contributed by atoms with Crippen LogP contribution in [0.15, 0.2) is 0 Å². The van der Waals surface area contributed by atoms with Crippen LogP contribution in [-0.2, 0) is 14.4 Å². The van der Waals surface area contributed by atoms with Crippen LogP contribution in [0.25, 0.3) is 0 Å². The van der Waals surface area contributed by atoms with Gasteiger partial charge in [0.15, 0.2) is 0 Å². The third-order valence-electron chi connectivity index (χ3n) is 1.45. The first-order chi connectivity index (χ1) is 6.81. The zero-order chi connectivity index (χ0) is 12.1. The van der Waals surface area contributed by atoms with Gasteiger partial charge >= 0.3 is 11.9 Å². The molecule has 1 amide bonds. The number of carboxylic acid groups (broad SMARTS) is 2. The third kappa shape index (κ3) is 4.38. The maximum Gasteiger partial charge on any atom is 0.357 e. The molecule has 5 N–H and O–H groups in total. The molecule has 0 aromatic carbocycles. The van der Waals surface area contributed by atoms with Gasteiger partial charge < -0.3 is 25.7 Å². The number of aliphatic carboxylic acids is 2. The molecule has 15 heavy (non-hydrogen) atoms. The number of carboxylic acids is 2. The van der Waals surface area contributed by atoms with Gasteiger partial charge in [0.2, 0.25) is 11.6 Å². The summed E-state index contributed by atoms with van der Waals surface area (Å²) in [5, 5.41) is 36.0. The van der Waals surface area contributed by atoms with Crippen molar-refractivity contribution in [2.75, 3.05) is 6.61 Å². The van der Waals surface area contributed by atoms with Gasteiger partial charge in [0.05, 0.1) is 6.61 Å². The lowest BCUT2D eigenvalue weighted by Crippen LogP contribution is -2.55. The van der Waals surface area contributed by atoms with Crippen molar-refractivity contribution in [2.24, 2.45) is 0 Å². The van der Waals surface area contributed by atoms with Gasteiger partial charge in [0, 0.05) is 6.42 Å². The second-order valence-electron chi connectivity index (χ2n) is 2.76. The van der Waals surface area contributed by atoms with Crippen molar-refractivity contribution in [2.45, 2.75) is 18.6 Å². The molecular formula is C7H11NO7. The fraction of sp³-hybridized carbons (Fsp3) is 0.571. The maximum absolute atomic E-state index is 10.9. The lowest BCUT2D eigenvalue weighted by atomic mass is 10.1.